The van der Waals surface area contributed by atoms with E-state index in [1.54, 1.807) is 0 Å². The Morgan fingerprint density at radius 1 is 1.23 bits per heavy atom. The number of nitrogens with zero attached hydrogens (tertiary/aromatic N) is 1. The van der Waals surface area contributed by atoms with Gasteiger partial charge in [-0.3, -0.25) is 14.3 Å². The highest BCUT2D eigenvalue weighted by atomic mass is 16.5. The Balaban J connectivity index is 0.000000167. The lowest BCUT2D eigenvalue weighted by Gasteiger charge is -2.13. The van der Waals surface area contributed by atoms with Gasteiger partial charge in [-0.25, -0.2) is 4.79 Å². The molecule has 138 valence electrons. The van der Waals surface area contributed by atoms with E-state index in [4.69, 9.17) is 15.6 Å². The Bertz CT molecular complexity index is 959. The number of anilines is 1. The zero-order chi connectivity index (χ0) is 18.7. The molecule has 3 atom stereocenters. The minimum absolute atomic E-state index is 0.206. The van der Waals surface area contributed by atoms with Crippen molar-refractivity contribution in [2.24, 2.45) is 0 Å². The smallest absolute Gasteiger partial charge is 0.330 e. The van der Waals surface area contributed by atoms with Crippen molar-refractivity contribution in [3.8, 4) is 0 Å². The van der Waals surface area contributed by atoms with Gasteiger partial charge in [0.15, 0.2) is 0 Å². The number of benzene rings is 1. The number of para-hydroxylation sites is 1. The highest BCUT2D eigenvalue weighted by Crippen LogP contribution is 2.26. The molecule has 9 nitrogen and oxygen atoms in total. The number of hydrogen-bond donors (Lipinski definition) is 5. The number of fused-ring (bicyclic) bond motifs is 1. The van der Waals surface area contributed by atoms with Gasteiger partial charge in [-0.1, -0.05) is 18.2 Å². The number of nitrogen functional groups attached to an aromatic ring is 1. The molecule has 0 amide bonds. The summed E-state index contributed by atoms with van der Waals surface area (Å²) in [5.41, 5.74) is 5.55. The Kier molecular flexibility index (Phi) is 5.21. The van der Waals surface area contributed by atoms with Crippen molar-refractivity contribution in [2.45, 2.75) is 24.9 Å². The number of hydrogen-bond acceptors (Lipinski definition) is 6. The van der Waals surface area contributed by atoms with Crippen LogP contribution in [0.2, 0.25) is 0 Å². The van der Waals surface area contributed by atoms with Crippen LogP contribution in [0.1, 0.15) is 12.6 Å². The normalized spacial score (nSPS) is 22.2. The number of aromatic nitrogens is 3. The van der Waals surface area contributed by atoms with Gasteiger partial charge in [0.25, 0.3) is 5.56 Å². The van der Waals surface area contributed by atoms with Crippen molar-refractivity contribution >= 4 is 16.7 Å². The molecule has 1 aromatic carbocycles. The lowest BCUT2D eigenvalue weighted by Crippen LogP contribution is -2.31. The molecular weight excluding hydrogens is 340 g/mol. The van der Waals surface area contributed by atoms with Gasteiger partial charge in [-0.2, -0.15) is 0 Å². The van der Waals surface area contributed by atoms with E-state index < -0.39 is 29.7 Å². The van der Waals surface area contributed by atoms with E-state index in [0.717, 1.165) is 11.3 Å². The summed E-state index contributed by atoms with van der Waals surface area (Å²) in [6.45, 7) is -0.310. The van der Waals surface area contributed by atoms with Crippen molar-refractivity contribution < 1.29 is 14.9 Å². The summed E-state index contributed by atoms with van der Waals surface area (Å²) in [5, 5.41) is 19.5. The van der Waals surface area contributed by atoms with E-state index in [1.807, 2.05) is 30.3 Å². The molecule has 3 heterocycles. The molecule has 1 aliphatic heterocycles. The quantitative estimate of drug-likeness (QED) is 0.432. The Morgan fingerprint density at radius 2 is 2.00 bits per heavy atom. The molecule has 1 aliphatic rings. The van der Waals surface area contributed by atoms with Crippen LogP contribution in [-0.2, 0) is 4.74 Å². The van der Waals surface area contributed by atoms with Crippen LogP contribution in [0.5, 0.6) is 0 Å². The van der Waals surface area contributed by atoms with Gasteiger partial charge < -0.3 is 25.7 Å². The molecule has 4 rings (SSSR count). The van der Waals surface area contributed by atoms with Crippen molar-refractivity contribution in [1.29, 1.82) is 0 Å². The molecule has 0 saturated carbocycles. The van der Waals surface area contributed by atoms with Crippen molar-refractivity contribution in [2.75, 3.05) is 12.3 Å². The van der Waals surface area contributed by atoms with Gasteiger partial charge in [0.1, 0.15) is 18.1 Å². The monoisotopic (exact) mass is 360 g/mol. The number of aliphatic hydroxyl groups is 2. The van der Waals surface area contributed by atoms with E-state index in [9.17, 15) is 14.7 Å². The zero-order valence-electron chi connectivity index (χ0n) is 13.8. The average molecular weight is 360 g/mol. The topological polar surface area (TPSA) is 146 Å². The highest BCUT2D eigenvalue weighted by molar-refractivity contribution is 5.82. The molecule has 1 saturated heterocycles. The largest absolute Gasteiger partial charge is 0.394 e. The van der Waals surface area contributed by atoms with Crippen molar-refractivity contribution in [1.82, 2.24) is 14.5 Å². The minimum Gasteiger partial charge on any atom is -0.394 e. The molecule has 1 fully saturated rings. The fraction of sp³-hybridized carbons (Fsp3) is 0.294. The number of aromatic amines is 2. The van der Waals surface area contributed by atoms with Crippen LogP contribution in [0.25, 0.3) is 10.9 Å². The fourth-order valence-electron chi connectivity index (χ4n) is 2.80. The number of ether oxygens (including phenoxy) is 1. The maximum absolute atomic E-state index is 11.4. The summed E-state index contributed by atoms with van der Waals surface area (Å²) in [6.07, 6.45) is -0.649. The first kappa shape index (κ1) is 17.9. The third-order valence-electron chi connectivity index (χ3n) is 4.10. The molecular formula is C17H20N4O5. The summed E-state index contributed by atoms with van der Waals surface area (Å²) >= 11 is 0. The summed E-state index contributed by atoms with van der Waals surface area (Å²) in [7, 11) is 0. The number of rotatable bonds is 2. The molecule has 2 aromatic heterocycles. The molecule has 0 radical (unpaired) electrons. The molecule has 26 heavy (non-hydrogen) atoms. The molecule has 3 aromatic rings. The van der Waals surface area contributed by atoms with E-state index >= 15 is 0 Å². The first-order chi connectivity index (χ1) is 12.5. The SMILES string of the molecule is Nc1cc2ccccc2[nH]1.O=c1ccn([C@H]2C[C@H](O)[C@@H](CO)O2)c(=O)[nH]1. The molecule has 9 heteroatoms. The standard InChI is InChI=1S/C9H12N2O5.C8H8N2/c12-4-6-5(13)3-8(16-6)11-2-1-7(14)10-9(11)15;9-8-5-6-3-1-2-4-7(6)10-8/h1-2,5-6,8,12-13H,3-4H2,(H,10,14,15);1-5,10H,9H2/t5-,6+,8+;/m0./s1. The van der Waals surface area contributed by atoms with E-state index in [2.05, 4.69) is 9.97 Å². The first-order valence-corrected chi connectivity index (χ1v) is 8.07. The Hall–Kier alpha value is -2.88. The van der Waals surface area contributed by atoms with Gasteiger partial charge in [0, 0.05) is 29.6 Å². The molecule has 6 N–H and O–H groups in total. The second-order valence-corrected chi connectivity index (χ2v) is 5.94. The van der Waals surface area contributed by atoms with Crippen LogP contribution in [-0.4, -0.2) is 43.6 Å². The summed E-state index contributed by atoms with van der Waals surface area (Å²) in [6, 6.07) is 11.1. The maximum atomic E-state index is 11.4. The van der Waals surface area contributed by atoms with Crippen LogP contribution in [0.15, 0.2) is 52.2 Å². The summed E-state index contributed by atoms with van der Waals surface area (Å²) in [5.74, 6) is 0.723. The Morgan fingerprint density at radius 3 is 2.65 bits per heavy atom. The lowest BCUT2D eigenvalue weighted by molar-refractivity contribution is -0.0459. The van der Waals surface area contributed by atoms with Crippen LogP contribution in [0.3, 0.4) is 0 Å². The predicted molar refractivity (Wildman–Crippen MR) is 95.7 cm³/mol. The molecule has 0 unspecified atom stereocenters. The predicted octanol–water partition coefficient (Wildman–Crippen LogP) is -0.0726. The minimum atomic E-state index is -0.811. The lowest BCUT2D eigenvalue weighted by atomic mass is 10.2. The molecule has 0 spiro atoms. The van der Waals surface area contributed by atoms with Crippen LogP contribution < -0.4 is 17.0 Å². The summed E-state index contributed by atoms with van der Waals surface area (Å²) < 4.78 is 6.45. The van der Waals surface area contributed by atoms with Gasteiger partial charge in [0.2, 0.25) is 0 Å². The van der Waals surface area contributed by atoms with Crippen LogP contribution in [0, 0.1) is 0 Å². The number of aliphatic hydroxyl groups excluding tert-OH is 2. The second-order valence-electron chi connectivity index (χ2n) is 5.94. The van der Waals surface area contributed by atoms with Crippen molar-refractivity contribution in [3.63, 3.8) is 0 Å². The van der Waals surface area contributed by atoms with Crippen LogP contribution in [0.4, 0.5) is 5.82 Å². The fourth-order valence-corrected chi connectivity index (χ4v) is 2.80. The first-order valence-electron chi connectivity index (χ1n) is 8.07. The third-order valence-corrected chi connectivity index (χ3v) is 4.10. The Labute approximate surface area is 147 Å². The van der Waals surface area contributed by atoms with Crippen molar-refractivity contribution in [3.05, 3.63) is 63.4 Å². The number of nitrogens with one attached hydrogen (secondary N) is 2. The average Bonchev–Trinajstić information content (AvgIpc) is 3.16. The van der Waals surface area contributed by atoms with Gasteiger partial charge >= 0.3 is 5.69 Å². The van der Waals surface area contributed by atoms with Crippen LogP contribution >= 0.6 is 0 Å². The highest BCUT2D eigenvalue weighted by Gasteiger charge is 2.34. The van der Waals surface area contributed by atoms with Gasteiger partial charge in [0.05, 0.1) is 12.7 Å². The maximum Gasteiger partial charge on any atom is 0.330 e. The number of H-pyrrole nitrogens is 2. The molecule has 0 aliphatic carbocycles. The third kappa shape index (κ3) is 3.85. The van der Waals surface area contributed by atoms with E-state index in [0.29, 0.717) is 0 Å². The van der Waals surface area contributed by atoms with E-state index in [1.165, 1.54) is 22.2 Å². The van der Waals surface area contributed by atoms with Gasteiger partial charge in [-0.15, -0.1) is 0 Å². The second kappa shape index (κ2) is 7.56. The van der Waals surface area contributed by atoms with E-state index in [-0.39, 0.29) is 13.0 Å². The zero-order valence-corrected chi connectivity index (χ0v) is 13.8. The molecule has 0 bridgehead atoms. The summed E-state index contributed by atoms with van der Waals surface area (Å²) in [4.78, 5) is 27.4. The number of nitrogens with two attached hydrogens (primary N) is 1. The van der Waals surface area contributed by atoms with Gasteiger partial charge in [-0.05, 0) is 12.1 Å².